The summed E-state index contributed by atoms with van der Waals surface area (Å²) in [5.41, 5.74) is 1.01. The molecule has 4 nitrogen and oxygen atoms in total. The minimum absolute atomic E-state index is 0.0283. The van der Waals surface area contributed by atoms with Gasteiger partial charge in [-0.05, 0) is 37.1 Å². The second-order valence-corrected chi connectivity index (χ2v) is 6.93. The fourth-order valence-corrected chi connectivity index (χ4v) is 4.21. The monoisotopic (exact) mass is 338 g/mol. The van der Waals surface area contributed by atoms with Crippen LogP contribution in [-0.2, 0) is 4.79 Å². The van der Waals surface area contributed by atoms with Gasteiger partial charge in [-0.25, -0.2) is 4.98 Å². The van der Waals surface area contributed by atoms with Crippen LogP contribution in [0.1, 0.15) is 23.9 Å². The standard InChI is InChI=1S/C19H18N2O2S/c22-18(13-23-14-7-2-1-3-8-14)21-12-6-10-16(21)19-20-15-9-4-5-11-17(15)24-19/h1-5,7-9,11,16H,6,10,12-13H2/t16-/m1/s1. The summed E-state index contributed by atoms with van der Waals surface area (Å²) in [5.74, 6) is 0.752. The van der Waals surface area contributed by atoms with Crippen molar-refractivity contribution in [2.24, 2.45) is 0 Å². The van der Waals surface area contributed by atoms with E-state index in [1.165, 1.54) is 4.70 Å². The maximum absolute atomic E-state index is 12.6. The number of hydrogen-bond acceptors (Lipinski definition) is 4. The van der Waals surface area contributed by atoms with E-state index in [2.05, 4.69) is 6.07 Å². The molecule has 1 aliphatic rings. The number of benzene rings is 2. The van der Waals surface area contributed by atoms with Crippen molar-refractivity contribution in [3.63, 3.8) is 0 Å². The molecule has 1 amide bonds. The van der Waals surface area contributed by atoms with E-state index in [0.29, 0.717) is 0 Å². The first-order valence-corrected chi connectivity index (χ1v) is 8.96. The minimum atomic E-state index is 0.0283. The zero-order chi connectivity index (χ0) is 16.4. The van der Waals surface area contributed by atoms with Crippen LogP contribution in [-0.4, -0.2) is 28.9 Å². The molecule has 0 aliphatic carbocycles. The molecule has 1 fully saturated rings. The number of rotatable bonds is 4. The van der Waals surface area contributed by atoms with E-state index in [9.17, 15) is 4.79 Å². The van der Waals surface area contributed by atoms with E-state index in [4.69, 9.17) is 9.72 Å². The molecule has 4 rings (SSSR count). The number of nitrogens with zero attached hydrogens (tertiary/aromatic N) is 2. The average Bonchev–Trinajstić information content (AvgIpc) is 3.26. The molecule has 0 saturated carbocycles. The second kappa shape index (κ2) is 6.61. The zero-order valence-corrected chi connectivity index (χ0v) is 14.0. The largest absolute Gasteiger partial charge is 0.484 e. The molecule has 0 N–H and O–H groups in total. The van der Waals surface area contributed by atoms with Gasteiger partial charge in [-0.2, -0.15) is 0 Å². The van der Waals surface area contributed by atoms with Gasteiger partial charge in [-0.1, -0.05) is 30.3 Å². The lowest BCUT2D eigenvalue weighted by Gasteiger charge is -2.23. The van der Waals surface area contributed by atoms with Crippen molar-refractivity contribution in [3.05, 3.63) is 59.6 Å². The molecule has 2 aromatic carbocycles. The number of fused-ring (bicyclic) bond motifs is 1. The predicted octanol–water partition coefficient (Wildman–Crippen LogP) is 4.04. The van der Waals surface area contributed by atoms with Crippen molar-refractivity contribution < 1.29 is 9.53 Å². The summed E-state index contributed by atoms with van der Waals surface area (Å²) in [5, 5.41) is 1.03. The maximum Gasteiger partial charge on any atom is 0.261 e. The molecule has 5 heteroatoms. The zero-order valence-electron chi connectivity index (χ0n) is 13.2. The molecule has 3 aromatic rings. The lowest BCUT2D eigenvalue weighted by molar-refractivity contribution is -0.134. The Kier molecular flexibility index (Phi) is 4.17. The molecule has 1 aromatic heterocycles. The molecular formula is C19H18N2O2S. The quantitative estimate of drug-likeness (QED) is 0.721. The molecule has 1 atom stereocenters. The number of carbonyl (C=O) groups is 1. The van der Waals surface area contributed by atoms with Gasteiger partial charge in [0.15, 0.2) is 6.61 Å². The van der Waals surface area contributed by atoms with Gasteiger partial charge in [0.05, 0.1) is 16.3 Å². The molecular weight excluding hydrogens is 320 g/mol. The normalized spacial score (nSPS) is 17.3. The fourth-order valence-electron chi connectivity index (χ4n) is 3.10. The SMILES string of the molecule is O=C(COc1ccccc1)N1CCC[C@@H]1c1nc2ccccc2s1. The summed E-state index contributed by atoms with van der Waals surface area (Å²) in [4.78, 5) is 19.2. The number of aromatic nitrogens is 1. The number of thiazole rings is 1. The highest BCUT2D eigenvalue weighted by Crippen LogP contribution is 2.36. The Morgan fingerprint density at radius 3 is 2.79 bits per heavy atom. The van der Waals surface area contributed by atoms with Gasteiger partial charge in [0.25, 0.3) is 5.91 Å². The van der Waals surface area contributed by atoms with Crippen LogP contribution >= 0.6 is 11.3 Å². The highest BCUT2D eigenvalue weighted by atomic mass is 32.1. The third-order valence-corrected chi connectivity index (χ3v) is 5.41. The Morgan fingerprint density at radius 2 is 1.96 bits per heavy atom. The summed E-state index contributed by atoms with van der Waals surface area (Å²) >= 11 is 1.68. The van der Waals surface area contributed by atoms with Crippen molar-refractivity contribution in [2.75, 3.05) is 13.2 Å². The molecule has 122 valence electrons. The Bertz CT molecular complexity index is 814. The van der Waals surface area contributed by atoms with Gasteiger partial charge in [0.2, 0.25) is 0 Å². The molecule has 1 saturated heterocycles. The van der Waals surface area contributed by atoms with Crippen LogP contribution in [0.25, 0.3) is 10.2 Å². The van der Waals surface area contributed by atoms with E-state index in [-0.39, 0.29) is 18.6 Å². The third kappa shape index (κ3) is 2.99. The number of ether oxygens (including phenoxy) is 1. The molecule has 24 heavy (non-hydrogen) atoms. The Hall–Kier alpha value is -2.40. The van der Waals surface area contributed by atoms with Crippen molar-refractivity contribution in [1.82, 2.24) is 9.88 Å². The lowest BCUT2D eigenvalue weighted by Crippen LogP contribution is -2.34. The summed E-state index contributed by atoms with van der Waals surface area (Å²) in [6.45, 7) is 0.850. The Morgan fingerprint density at radius 1 is 1.17 bits per heavy atom. The van der Waals surface area contributed by atoms with Crippen molar-refractivity contribution in [1.29, 1.82) is 0 Å². The Balaban J connectivity index is 1.48. The topological polar surface area (TPSA) is 42.4 Å². The van der Waals surface area contributed by atoms with Crippen LogP contribution in [0.4, 0.5) is 0 Å². The number of carbonyl (C=O) groups excluding carboxylic acids is 1. The summed E-state index contributed by atoms with van der Waals surface area (Å²) < 4.78 is 6.79. The first-order chi connectivity index (χ1) is 11.8. The molecule has 1 aliphatic heterocycles. The predicted molar refractivity (Wildman–Crippen MR) is 95.2 cm³/mol. The van der Waals surface area contributed by atoms with Gasteiger partial charge < -0.3 is 9.64 Å². The van der Waals surface area contributed by atoms with Crippen LogP contribution in [0, 0.1) is 0 Å². The van der Waals surface area contributed by atoms with Gasteiger partial charge >= 0.3 is 0 Å². The van der Waals surface area contributed by atoms with Gasteiger partial charge in [-0.15, -0.1) is 11.3 Å². The van der Waals surface area contributed by atoms with E-state index in [0.717, 1.165) is 35.7 Å². The molecule has 0 radical (unpaired) electrons. The third-order valence-electron chi connectivity index (χ3n) is 4.27. The van der Waals surface area contributed by atoms with E-state index in [1.54, 1.807) is 11.3 Å². The number of amides is 1. The molecule has 2 heterocycles. The first kappa shape index (κ1) is 15.1. The summed E-state index contributed by atoms with van der Waals surface area (Å²) in [7, 11) is 0. The molecule has 0 unspecified atom stereocenters. The van der Waals surface area contributed by atoms with Crippen LogP contribution in [0.15, 0.2) is 54.6 Å². The van der Waals surface area contributed by atoms with Crippen molar-refractivity contribution in [3.8, 4) is 5.75 Å². The van der Waals surface area contributed by atoms with Crippen LogP contribution < -0.4 is 4.74 Å². The minimum Gasteiger partial charge on any atom is -0.484 e. The van der Waals surface area contributed by atoms with Crippen molar-refractivity contribution in [2.45, 2.75) is 18.9 Å². The maximum atomic E-state index is 12.6. The highest BCUT2D eigenvalue weighted by Gasteiger charge is 2.32. The van der Waals surface area contributed by atoms with Crippen LogP contribution in [0.3, 0.4) is 0 Å². The van der Waals surface area contributed by atoms with Gasteiger partial charge in [-0.3, -0.25) is 4.79 Å². The molecule has 0 spiro atoms. The van der Waals surface area contributed by atoms with E-state index < -0.39 is 0 Å². The fraction of sp³-hybridized carbons (Fsp3) is 0.263. The highest BCUT2D eigenvalue weighted by molar-refractivity contribution is 7.18. The van der Waals surface area contributed by atoms with Crippen molar-refractivity contribution >= 4 is 27.5 Å². The smallest absolute Gasteiger partial charge is 0.261 e. The van der Waals surface area contributed by atoms with Gasteiger partial charge in [0, 0.05) is 6.54 Å². The number of hydrogen-bond donors (Lipinski definition) is 0. The van der Waals surface area contributed by atoms with E-state index in [1.807, 2.05) is 53.4 Å². The van der Waals surface area contributed by atoms with Gasteiger partial charge in [0.1, 0.15) is 10.8 Å². The van der Waals surface area contributed by atoms with E-state index >= 15 is 0 Å². The number of para-hydroxylation sites is 2. The summed E-state index contributed by atoms with van der Waals surface area (Å²) in [6, 6.07) is 17.7. The first-order valence-electron chi connectivity index (χ1n) is 8.14. The van der Waals surface area contributed by atoms with Crippen LogP contribution in [0.5, 0.6) is 5.75 Å². The number of likely N-dealkylation sites (tertiary alicyclic amines) is 1. The molecule has 0 bridgehead atoms. The summed E-state index contributed by atoms with van der Waals surface area (Å²) in [6.07, 6.45) is 1.98. The van der Waals surface area contributed by atoms with Crippen LogP contribution in [0.2, 0.25) is 0 Å². The lowest BCUT2D eigenvalue weighted by atomic mass is 10.2. The Labute approximate surface area is 144 Å². The average molecular weight is 338 g/mol. The second-order valence-electron chi connectivity index (χ2n) is 5.87.